The highest BCUT2D eigenvalue weighted by Gasteiger charge is 2.08. The number of hydrogen-bond acceptors (Lipinski definition) is 3. The first-order valence-electron chi connectivity index (χ1n) is 4.44. The van der Waals surface area contributed by atoms with E-state index in [-0.39, 0.29) is 18.2 Å². The fourth-order valence-corrected chi connectivity index (χ4v) is 0.917. The summed E-state index contributed by atoms with van der Waals surface area (Å²) in [7, 11) is 0. The van der Waals surface area contributed by atoms with Crippen molar-refractivity contribution in [2.24, 2.45) is 5.92 Å². The van der Waals surface area contributed by atoms with Crippen LogP contribution in [0.5, 0.6) is 0 Å². The molecule has 1 aromatic rings. The van der Waals surface area contributed by atoms with E-state index >= 15 is 0 Å². The monoisotopic (exact) mass is 207 g/mol. The summed E-state index contributed by atoms with van der Waals surface area (Å²) in [6.07, 6.45) is 0. The second-order valence-electron chi connectivity index (χ2n) is 3.09. The van der Waals surface area contributed by atoms with E-state index in [4.69, 9.17) is 5.26 Å². The van der Waals surface area contributed by atoms with Gasteiger partial charge in [0.15, 0.2) is 0 Å². The Balaban J connectivity index is 2.59. The van der Waals surface area contributed by atoms with E-state index in [2.05, 4.69) is 10.3 Å². The zero-order valence-corrected chi connectivity index (χ0v) is 8.20. The number of carbonyl (C=O) groups excluding carboxylic acids is 1. The Bertz CT molecular complexity index is 400. The molecule has 5 heteroatoms. The van der Waals surface area contributed by atoms with Crippen LogP contribution in [0.25, 0.3) is 0 Å². The average Bonchev–Trinajstić information content (AvgIpc) is 2.25. The third kappa shape index (κ3) is 3.35. The van der Waals surface area contributed by atoms with Gasteiger partial charge in [0.05, 0.1) is 12.0 Å². The maximum atomic E-state index is 12.6. The van der Waals surface area contributed by atoms with Crippen LogP contribution in [0.15, 0.2) is 18.2 Å². The fourth-order valence-electron chi connectivity index (χ4n) is 0.917. The molecule has 1 atom stereocenters. The van der Waals surface area contributed by atoms with E-state index in [1.807, 2.05) is 6.07 Å². The van der Waals surface area contributed by atoms with Gasteiger partial charge in [-0.1, -0.05) is 6.07 Å². The Hall–Kier alpha value is -1.96. The van der Waals surface area contributed by atoms with Crippen LogP contribution in [0.2, 0.25) is 0 Å². The minimum Gasteiger partial charge on any atom is -0.349 e. The number of nitriles is 1. The molecular formula is C10H10FN3O. The van der Waals surface area contributed by atoms with Crippen molar-refractivity contribution < 1.29 is 9.18 Å². The number of nitrogens with one attached hydrogen (secondary N) is 1. The second-order valence-corrected chi connectivity index (χ2v) is 3.09. The van der Waals surface area contributed by atoms with Gasteiger partial charge in [-0.2, -0.15) is 9.65 Å². The highest BCUT2D eigenvalue weighted by molar-refractivity contribution is 5.92. The number of amides is 1. The summed E-state index contributed by atoms with van der Waals surface area (Å²) in [6, 6.07) is 5.96. The van der Waals surface area contributed by atoms with Gasteiger partial charge in [-0.15, -0.1) is 0 Å². The molecule has 0 saturated heterocycles. The average molecular weight is 207 g/mol. The summed E-state index contributed by atoms with van der Waals surface area (Å²) >= 11 is 0. The first-order chi connectivity index (χ1) is 7.13. The predicted molar refractivity (Wildman–Crippen MR) is 51.3 cm³/mol. The number of pyridine rings is 1. The van der Waals surface area contributed by atoms with Gasteiger partial charge in [0, 0.05) is 6.54 Å². The molecule has 78 valence electrons. The van der Waals surface area contributed by atoms with Crippen molar-refractivity contribution in [2.75, 3.05) is 6.54 Å². The van der Waals surface area contributed by atoms with E-state index in [1.54, 1.807) is 6.92 Å². The summed E-state index contributed by atoms with van der Waals surface area (Å²) in [6.45, 7) is 1.91. The van der Waals surface area contributed by atoms with E-state index in [0.29, 0.717) is 0 Å². The van der Waals surface area contributed by atoms with Crippen molar-refractivity contribution in [3.05, 3.63) is 29.8 Å². The van der Waals surface area contributed by atoms with Crippen molar-refractivity contribution in [3.8, 4) is 6.07 Å². The SMILES string of the molecule is CC(C#N)CNC(=O)c1cccc(F)n1. The quantitative estimate of drug-likeness (QED) is 0.755. The van der Waals surface area contributed by atoms with Crippen molar-refractivity contribution >= 4 is 5.91 Å². The molecule has 0 radical (unpaired) electrons. The van der Waals surface area contributed by atoms with Gasteiger partial charge >= 0.3 is 0 Å². The summed E-state index contributed by atoms with van der Waals surface area (Å²) in [4.78, 5) is 14.8. The number of nitrogens with zero attached hydrogens (tertiary/aromatic N) is 2. The molecule has 0 saturated carbocycles. The minimum atomic E-state index is -0.698. The molecule has 0 aliphatic heterocycles. The molecule has 0 aromatic carbocycles. The Morgan fingerprint density at radius 1 is 1.73 bits per heavy atom. The first-order valence-corrected chi connectivity index (χ1v) is 4.44. The van der Waals surface area contributed by atoms with Gasteiger partial charge in [-0.25, -0.2) is 4.98 Å². The topological polar surface area (TPSA) is 65.8 Å². The molecule has 0 bridgehead atoms. The lowest BCUT2D eigenvalue weighted by Crippen LogP contribution is -2.28. The molecule has 0 aliphatic carbocycles. The van der Waals surface area contributed by atoms with E-state index < -0.39 is 11.9 Å². The van der Waals surface area contributed by atoms with Crippen LogP contribution in [0, 0.1) is 23.2 Å². The van der Waals surface area contributed by atoms with Crippen LogP contribution in [-0.4, -0.2) is 17.4 Å². The molecular weight excluding hydrogens is 197 g/mol. The van der Waals surface area contributed by atoms with Crippen molar-refractivity contribution in [2.45, 2.75) is 6.92 Å². The van der Waals surface area contributed by atoms with Crippen molar-refractivity contribution in [1.29, 1.82) is 5.26 Å². The first kappa shape index (κ1) is 11.1. The zero-order valence-electron chi connectivity index (χ0n) is 8.20. The Labute approximate surface area is 86.7 Å². The lowest BCUT2D eigenvalue weighted by molar-refractivity contribution is 0.0944. The smallest absolute Gasteiger partial charge is 0.270 e. The molecule has 1 unspecified atom stereocenters. The van der Waals surface area contributed by atoms with Gasteiger partial charge in [0.25, 0.3) is 5.91 Å². The van der Waals surface area contributed by atoms with Crippen LogP contribution in [-0.2, 0) is 0 Å². The third-order valence-electron chi connectivity index (χ3n) is 1.74. The van der Waals surface area contributed by atoms with Gasteiger partial charge in [0.2, 0.25) is 5.95 Å². The van der Waals surface area contributed by atoms with Gasteiger partial charge in [-0.3, -0.25) is 4.79 Å². The second kappa shape index (κ2) is 5.05. The van der Waals surface area contributed by atoms with Gasteiger partial charge < -0.3 is 5.32 Å². The summed E-state index contributed by atoms with van der Waals surface area (Å²) in [5.74, 6) is -1.45. The molecule has 15 heavy (non-hydrogen) atoms. The number of rotatable bonds is 3. The van der Waals surface area contributed by atoms with Crippen LogP contribution < -0.4 is 5.32 Å². The summed E-state index contributed by atoms with van der Waals surface area (Å²) < 4.78 is 12.6. The van der Waals surface area contributed by atoms with Crippen LogP contribution in [0.3, 0.4) is 0 Å². The minimum absolute atomic E-state index is 0.0140. The van der Waals surface area contributed by atoms with E-state index in [9.17, 15) is 9.18 Å². The van der Waals surface area contributed by atoms with Crippen LogP contribution in [0.4, 0.5) is 4.39 Å². The predicted octanol–water partition coefficient (Wildman–Crippen LogP) is 1.11. The lowest BCUT2D eigenvalue weighted by atomic mass is 10.2. The molecule has 1 heterocycles. The van der Waals surface area contributed by atoms with Crippen molar-refractivity contribution in [1.82, 2.24) is 10.3 Å². The highest BCUT2D eigenvalue weighted by Crippen LogP contribution is 1.98. The molecule has 0 spiro atoms. The molecule has 1 aromatic heterocycles. The van der Waals surface area contributed by atoms with Gasteiger partial charge in [-0.05, 0) is 19.1 Å². The number of carbonyl (C=O) groups is 1. The third-order valence-corrected chi connectivity index (χ3v) is 1.74. The zero-order chi connectivity index (χ0) is 11.3. The molecule has 1 amide bonds. The van der Waals surface area contributed by atoms with Crippen LogP contribution >= 0.6 is 0 Å². The standard InChI is InChI=1S/C10H10FN3O/c1-7(5-12)6-13-10(15)8-3-2-4-9(11)14-8/h2-4,7H,6H2,1H3,(H,13,15). The fraction of sp³-hybridized carbons (Fsp3) is 0.300. The largest absolute Gasteiger partial charge is 0.349 e. The lowest BCUT2D eigenvalue weighted by Gasteiger charge is -2.05. The number of hydrogen-bond donors (Lipinski definition) is 1. The molecule has 0 aliphatic rings. The Morgan fingerprint density at radius 3 is 3.07 bits per heavy atom. The van der Waals surface area contributed by atoms with E-state index in [1.165, 1.54) is 12.1 Å². The molecule has 4 nitrogen and oxygen atoms in total. The maximum Gasteiger partial charge on any atom is 0.270 e. The Morgan fingerprint density at radius 2 is 2.47 bits per heavy atom. The van der Waals surface area contributed by atoms with Crippen molar-refractivity contribution in [3.63, 3.8) is 0 Å². The highest BCUT2D eigenvalue weighted by atomic mass is 19.1. The maximum absolute atomic E-state index is 12.6. The summed E-state index contributed by atoms with van der Waals surface area (Å²) in [5.41, 5.74) is 0.0140. The molecule has 0 fully saturated rings. The summed E-state index contributed by atoms with van der Waals surface area (Å²) in [5, 5.41) is 11.0. The number of aromatic nitrogens is 1. The van der Waals surface area contributed by atoms with E-state index in [0.717, 1.165) is 6.07 Å². The Kier molecular flexibility index (Phi) is 3.75. The number of halogens is 1. The molecule has 1 rings (SSSR count). The molecule has 1 N–H and O–H groups in total. The van der Waals surface area contributed by atoms with Crippen LogP contribution in [0.1, 0.15) is 17.4 Å². The normalized spacial score (nSPS) is 11.5. The van der Waals surface area contributed by atoms with Gasteiger partial charge in [0.1, 0.15) is 5.69 Å².